The average Bonchev–Trinajstić information content (AvgIpc) is 3.04. The van der Waals surface area contributed by atoms with Crippen molar-refractivity contribution in [3.8, 4) is 0 Å². The average molecular weight is 369 g/mol. The second kappa shape index (κ2) is 6.57. The van der Waals surface area contributed by atoms with Crippen LogP contribution in [-0.2, 0) is 0 Å². The number of nitrogens with zero attached hydrogens (tertiary/aromatic N) is 5. The lowest BCUT2D eigenvalue weighted by molar-refractivity contribution is 0.644. The highest BCUT2D eigenvalue weighted by molar-refractivity contribution is 9.10. The molecule has 0 aliphatic carbocycles. The number of hydrogen-bond acceptors (Lipinski definition) is 7. The Morgan fingerprint density at radius 1 is 1.24 bits per heavy atom. The molecule has 0 radical (unpaired) electrons. The molecule has 1 aliphatic heterocycles. The van der Waals surface area contributed by atoms with E-state index in [4.69, 9.17) is 0 Å². The molecule has 8 heteroatoms. The van der Waals surface area contributed by atoms with Crippen LogP contribution in [0.5, 0.6) is 0 Å². The summed E-state index contributed by atoms with van der Waals surface area (Å²) in [6.45, 7) is 6.64. The molecule has 0 unspecified atom stereocenters. The minimum atomic E-state index is 0.679. The zero-order valence-electron chi connectivity index (χ0n) is 11.8. The van der Waals surface area contributed by atoms with E-state index in [9.17, 15) is 0 Å². The fraction of sp³-hybridized carbons (Fsp3) is 0.462. The predicted octanol–water partition coefficient (Wildman–Crippen LogP) is 2.45. The number of nitrogens with one attached hydrogen (secondary N) is 1. The summed E-state index contributed by atoms with van der Waals surface area (Å²) in [6.07, 6.45) is 3.67. The molecule has 21 heavy (non-hydrogen) atoms. The molecule has 1 aliphatic rings. The van der Waals surface area contributed by atoms with Gasteiger partial charge in [0.15, 0.2) is 5.13 Å². The Kier molecular flexibility index (Phi) is 4.54. The van der Waals surface area contributed by atoms with Crippen molar-refractivity contribution in [2.45, 2.75) is 6.92 Å². The van der Waals surface area contributed by atoms with Gasteiger partial charge in [0.1, 0.15) is 5.82 Å². The highest BCUT2D eigenvalue weighted by Gasteiger charge is 2.21. The van der Waals surface area contributed by atoms with Crippen molar-refractivity contribution in [1.29, 1.82) is 0 Å². The SMILES string of the molecule is CCNc1ncc(Br)c(N2CCN(c3nccs3)CC2)n1. The van der Waals surface area contributed by atoms with Gasteiger partial charge < -0.3 is 15.1 Å². The lowest BCUT2D eigenvalue weighted by Gasteiger charge is -2.35. The van der Waals surface area contributed by atoms with Crippen molar-refractivity contribution in [3.63, 3.8) is 0 Å². The van der Waals surface area contributed by atoms with E-state index < -0.39 is 0 Å². The van der Waals surface area contributed by atoms with Crippen LogP contribution in [0.1, 0.15) is 6.92 Å². The van der Waals surface area contributed by atoms with Gasteiger partial charge >= 0.3 is 0 Å². The summed E-state index contributed by atoms with van der Waals surface area (Å²) in [5, 5.41) is 6.28. The number of piperazine rings is 1. The van der Waals surface area contributed by atoms with E-state index in [0.717, 1.165) is 48.1 Å². The van der Waals surface area contributed by atoms with Crippen molar-refractivity contribution in [1.82, 2.24) is 15.0 Å². The molecule has 1 fully saturated rings. The molecule has 0 atom stereocenters. The molecule has 3 rings (SSSR count). The Hall–Kier alpha value is -1.41. The van der Waals surface area contributed by atoms with Gasteiger partial charge in [0.05, 0.1) is 4.47 Å². The molecule has 0 amide bonds. The molecule has 0 aromatic carbocycles. The summed E-state index contributed by atoms with van der Waals surface area (Å²) in [5.41, 5.74) is 0. The van der Waals surface area contributed by atoms with Gasteiger partial charge in [-0.1, -0.05) is 0 Å². The zero-order chi connectivity index (χ0) is 14.7. The van der Waals surface area contributed by atoms with E-state index in [2.05, 4.69) is 46.0 Å². The third kappa shape index (κ3) is 3.26. The molecule has 6 nitrogen and oxygen atoms in total. The fourth-order valence-electron chi connectivity index (χ4n) is 2.30. The molecule has 112 valence electrons. The third-order valence-corrected chi connectivity index (χ3v) is 4.72. The minimum Gasteiger partial charge on any atom is -0.354 e. The van der Waals surface area contributed by atoms with Gasteiger partial charge in [0.25, 0.3) is 0 Å². The monoisotopic (exact) mass is 368 g/mol. The number of hydrogen-bond donors (Lipinski definition) is 1. The highest BCUT2D eigenvalue weighted by atomic mass is 79.9. The fourth-order valence-corrected chi connectivity index (χ4v) is 3.44. The van der Waals surface area contributed by atoms with E-state index in [-0.39, 0.29) is 0 Å². The van der Waals surface area contributed by atoms with E-state index in [1.165, 1.54) is 0 Å². The first-order chi connectivity index (χ1) is 10.3. The van der Waals surface area contributed by atoms with Crippen molar-refractivity contribution in [2.24, 2.45) is 0 Å². The van der Waals surface area contributed by atoms with E-state index >= 15 is 0 Å². The lowest BCUT2D eigenvalue weighted by atomic mass is 10.3. The number of thiazole rings is 1. The van der Waals surface area contributed by atoms with Crippen LogP contribution in [0.4, 0.5) is 16.9 Å². The van der Waals surface area contributed by atoms with Crippen LogP contribution in [0.2, 0.25) is 0 Å². The standard InChI is InChI=1S/C13H17BrN6S/c1-2-15-12-17-9-10(14)11(18-12)19-4-6-20(7-5-19)13-16-3-8-21-13/h3,8-9H,2,4-7H2,1H3,(H,15,17,18). The normalized spacial score (nSPS) is 15.3. The number of aromatic nitrogens is 3. The van der Waals surface area contributed by atoms with Crippen LogP contribution in [0.3, 0.4) is 0 Å². The van der Waals surface area contributed by atoms with Crippen LogP contribution in [0.15, 0.2) is 22.2 Å². The van der Waals surface area contributed by atoms with E-state index in [0.29, 0.717) is 5.95 Å². The van der Waals surface area contributed by atoms with Gasteiger partial charge in [-0.3, -0.25) is 0 Å². The maximum Gasteiger partial charge on any atom is 0.224 e. The van der Waals surface area contributed by atoms with Crippen molar-refractivity contribution >= 4 is 44.2 Å². The summed E-state index contributed by atoms with van der Waals surface area (Å²) < 4.78 is 0.937. The van der Waals surface area contributed by atoms with Gasteiger partial charge in [0, 0.05) is 50.5 Å². The van der Waals surface area contributed by atoms with Crippen LogP contribution >= 0.6 is 27.3 Å². The third-order valence-electron chi connectivity index (χ3n) is 3.33. The van der Waals surface area contributed by atoms with E-state index in [1.807, 2.05) is 24.7 Å². The van der Waals surface area contributed by atoms with Gasteiger partial charge in [-0.15, -0.1) is 11.3 Å². The molecule has 0 bridgehead atoms. The molecule has 0 spiro atoms. The molecule has 0 saturated carbocycles. The maximum atomic E-state index is 4.60. The summed E-state index contributed by atoms with van der Waals surface area (Å²) >= 11 is 5.24. The molecule has 1 N–H and O–H groups in total. The van der Waals surface area contributed by atoms with Crippen LogP contribution in [-0.4, -0.2) is 47.7 Å². The maximum absolute atomic E-state index is 4.60. The Labute approximate surface area is 136 Å². The minimum absolute atomic E-state index is 0.679. The van der Waals surface area contributed by atoms with Gasteiger partial charge in [0.2, 0.25) is 5.95 Å². The van der Waals surface area contributed by atoms with Crippen molar-refractivity contribution in [3.05, 3.63) is 22.2 Å². The van der Waals surface area contributed by atoms with Crippen molar-refractivity contribution < 1.29 is 0 Å². The largest absolute Gasteiger partial charge is 0.354 e. The predicted molar refractivity (Wildman–Crippen MR) is 90.4 cm³/mol. The second-order valence-corrected chi connectivity index (χ2v) is 6.41. The van der Waals surface area contributed by atoms with Crippen LogP contribution < -0.4 is 15.1 Å². The summed E-state index contributed by atoms with van der Waals surface area (Å²) in [7, 11) is 0. The zero-order valence-corrected chi connectivity index (χ0v) is 14.2. The second-order valence-electron chi connectivity index (χ2n) is 4.68. The number of anilines is 3. The van der Waals surface area contributed by atoms with Gasteiger partial charge in [-0.05, 0) is 22.9 Å². The van der Waals surface area contributed by atoms with E-state index in [1.54, 1.807) is 11.3 Å². The smallest absolute Gasteiger partial charge is 0.224 e. The molecule has 2 aromatic rings. The molecular formula is C13H17BrN6S. The summed E-state index contributed by atoms with van der Waals surface area (Å²) in [6, 6.07) is 0. The topological polar surface area (TPSA) is 57.2 Å². The molecule has 1 saturated heterocycles. The first-order valence-corrected chi connectivity index (χ1v) is 8.61. The van der Waals surface area contributed by atoms with Gasteiger partial charge in [-0.25, -0.2) is 9.97 Å². The van der Waals surface area contributed by atoms with Crippen LogP contribution in [0, 0.1) is 0 Å². The Balaban J connectivity index is 1.70. The number of rotatable bonds is 4. The molecule has 2 aromatic heterocycles. The van der Waals surface area contributed by atoms with Gasteiger partial charge in [-0.2, -0.15) is 4.98 Å². The first-order valence-electron chi connectivity index (χ1n) is 6.93. The number of halogens is 1. The Bertz CT molecular complexity index is 582. The molecule has 3 heterocycles. The highest BCUT2D eigenvalue weighted by Crippen LogP contribution is 2.26. The lowest BCUT2D eigenvalue weighted by Crippen LogP contribution is -2.47. The first kappa shape index (κ1) is 14.5. The van der Waals surface area contributed by atoms with Crippen molar-refractivity contribution in [2.75, 3.05) is 47.8 Å². The summed E-state index contributed by atoms with van der Waals surface area (Å²) in [4.78, 5) is 17.8. The molecular weight excluding hydrogens is 352 g/mol. The Morgan fingerprint density at radius 2 is 2.00 bits per heavy atom. The van der Waals surface area contributed by atoms with Crippen LogP contribution in [0.25, 0.3) is 0 Å². The quantitative estimate of drug-likeness (QED) is 0.894. The summed E-state index contributed by atoms with van der Waals surface area (Å²) in [5.74, 6) is 1.64. The Morgan fingerprint density at radius 3 is 2.67 bits per heavy atom.